The fraction of sp³-hybridized carbons (Fsp3) is 0.286. The van der Waals surface area contributed by atoms with E-state index in [-0.39, 0.29) is 33.9 Å². The van der Waals surface area contributed by atoms with Crippen LogP contribution in [0.25, 0.3) is 60.9 Å². The normalized spacial score (nSPS) is 13.7. The second kappa shape index (κ2) is 16.6. The van der Waals surface area contributed by atoms with Gasteiger partial charge in [-0.05, 0) is 133 Å². The van der Waals surface area contributed by atoms with Gasteiger partial charge in [-0.2, -0.15) is 0 Å². The fourth-order valence-corrected chi connectivity index (χ4v) is 12.1. The van der Waals surface area contributed by atoms with Crippen molar-refractivity contribution in [2.24, 2.45) is 0 Å². The first-order valence-electron chi connectivity index (χ1n) is 27.2. The van der Waals surface area contributed by atoms with E-state index in [2.05, 4.69) is 282 Å². The molecule has 2 aliphatic heterocycles. The average Bonchev–Trinajstić information content (AvgIpc) is 3.93. The topological polar surface area (TPSA) is 24.6 Å². The maximum atomic E-state index is 7.63. The molecule has 0 N–H and O–H groups in total. The Morgan fingerprint density at radius 3 is 1.69 bits per heavy atom. The zero-order valence-electron chi connectivity index (χ0n) is 46.9. The monoisotopic (exact) mass is 982 g/mol. The number of rotatable bonds is 5. The van der Waals surface area contributed by atoms with Gasteiger partial charge in [-0.25, -0.2) is 0 Å². The van der Waals surface area contributed by atoms with Crippen LogP contribution in [0.5, 0.6) is 0 Å². The van der Waals surface area contributed by atoms with Crippen molar-refractivity contribution in [2.75, 3.05) is 9.71 Å². The van der Waals surface area contributed by atoms with E-state index in [9.17, 15) is 0 Å². The summed E-state index contributed by atoms with van der Waals surface area (Å²) in [5.41, 5.74) is 22.2. The molecule has 12 rings (SSSR count). The Morgan fingerprint density at radius 2 is 1.05 bits per heavy atom. The first-order valence-corrected chi connectivity index (χ1v) is 27.2. The zero-order valence-corrected chi connectivity index (χ0v) is 46.9. The standard InChI is InChI=1S/C70H72BN3O/c1-66(2,3)44-30-33-49(34-31-44)74-62-53-40-46(68(7,8)9)41-54(70(13,14)15)64(53)75-65(62)52-39-47(69(10,11)12)42-59-61(52)71(74)55-35-37-58(60-51-38-45(67(4,5)6)32-36-57(51)73(59)63(55)60)72(48-26-20-17-21-27-48)56-29-23-22-28-50(56)43-24-18-16-19-25-43/h16-42H,1-15H3. The van der Waals surface area contributed by atoms with Gasteiger partial charge in [-0.1, -0.05) is 201 Å². The molecule has 4 heterocycles. The van der Waals surface area contributed by atoms with E-state index in [1.807, 2.05) is 0 Å². The van der Waals surface area contributed by atoms with E-state index in [1.54, 1.807) is 0 Å². The number of anilines is 5. The van der Waals surface area contributed by atoms with Crippen LogP contribution in [-0.4, -0.2) is 11.4 Å². The van der Waals surface area contributed by atoms with E-state index < -0.39 is 0 Å². The maximum Gasteiger partial charge on any atom is 0.333 e. The van der Waals surface area contributed by atoms with Crippen molar-refractivity contribution in [2.45, 2.75) is 131 Å². The summed E-state index contributed by atoms with van der Waals surface area (Å²) in [7, 11) is 0. The molecule has 75 heavy (non-hydrogen) atoms. The van der Waals surface area contributed by atoms with Crippen LogP contribution >= 0.6 is 0 Å². The summed E-state index contributed by atoms with van der Waals surface area (Å²) < 4.78 is 10.3. The van der Waals surface area contributed by atoms with Crippen LogP contribution in [0.2, 0.25) is 0 Å². The molecule has 2 aromatic heterocycles. The van der Waals surface area contributed by atoms with Crippen molar-refractivity contribution < 1.29 is 4.42 Å². The van der Waals surface area contributed by atoms with Gasteiger partial charge in [-0.15, -0.1) is 0 Å². The van der Waals surface area contributed by atoms with Crippen molar-refractivity contribution in [3.8, 4) is 28.1 Å². The quantitative estimate of drug-likeness (QED) is 0.161. The molecule has 8 aromatic carbocycles. The van der Waals surface area contributed by atoms with Crippen LogP contribution in [0.4, 0.5) is 28.4 Å². The summed E-state index contributed by atoms with van der Waals surface area (Å²) in [6, 6.07) is 62.3. The van der Waals surface area contributed by atoms with Crippen molar-refractivity contribution >= 4 is 79.0 Å². The predicted molar refractivity (Wildman–Crippen MR) is 323 cm³/mol. The minimum Gasteiger partial charge on any atom is -0.454 e. The summed E-state index contributed by atoms with van der Waals surface area (Å²) in [5.74, 6) is 0.940. The lowest BCUT2D eigenvalue weighted by molar-refractivity contribution is 0.553. The highest BCUT2D eigenvalue weighted by Crippen LogP contribution is 2.54. The number of nitrogens with zero attached hydrogens (tertiary/aromatic N) is 3. The fourth-order valence-electron chi connectivity index (χ4n) is 12.1. The molecule has 0 aliphatic carbocycles. The lowest BCUT2D eigenvalue weighted by Gasteiger charge is -2.41. The molecule has 0 atom stereocenters. The largest absolute Gasteiger partial charge is 0.454 e. The second-order valence-electron chi connectivity index (χ2n) is 26.7. The number of para-hydroxylation sites is 2. The summed E-state index contributed by atoms with van der Waals surface area (Å²) in [6.45, 7) is 34.8. The molecule has 2 aliphatic rings. The van der Waals surface area contributed by atoms with Crippen LogP contribution in [-0.2, 0) is 27.1 Å². The van der Waals surface area contributed by atoms with Gasteiger partial charge < -0.3 is 18.7 Å². The molecule has 0 saturated carbocycles. The Hall–Kier alpha value is -7.24. The highest BCUT2D eigenvalue weighted by Gasteiger charge is 2.48. The highest BCUT2D eigenvalue weighted by atomic mass is 16.3. The van der Waals surface area contributed by atoms with Gasteiger partial charge in [0.15, 0.2) is 5.76 Å². The van der Waals surface area contributed by atoms with Crippen LogP contribution in [0.3, 0.4) is 0 Å². The van der Waals surface area contributed by atoms with Gasteiger partial charge in [0.25, 0.3) is 0 Å². The van der Waals surface area contributed by atoms with E-state index >= 15 is 0 Å². The van der Waals surface area contributed by atoms with Crippen molar-refractivity contribution in [3.05, 3.63) is 192 Å². The summed E-state index contributed by atoms with van der Waals surface area (Å²) >= 11 is 0. The highest BCUT2D eigenvalue weighted by molar-refractivity contribution is 6.94. The Kier molecular flexibility index (Phi) is 10.8. The van der Waals surface area contributed by atoms with Gasteiger partial charge in [0, 0.05) is 49.9 Å². The Labute approximate surface area is 446 Å². The van der Waals surface area contributed by atoms with Crippen LogP contribution in [0, 0.1) is 0 Å². The summed E-state index contributed by atoms with van der Waals surface area (Å²) in [6.07, 6.45) is 0. The van der Waals surface area contributed by atoms with Gasteiger partial charge in [0.2, 0.25) is 0 Å². The molecular formula is C70H72BN3O. The first-order chi connectivity index (χ1) is 35.4. The number of fused-ring (bicyclic) bond motifs is 9. The molecule has 0 bridgehead atoms. The molecule has 0 fully saturated rings. The summed E-state index contributed by atoms with van der Waals surface area (Å²) in [5, 5.41) is 3.65. The third-order valence-corrected chi connectivity index (χ3v) is 16.3. The smallest absolute Gasteiger partial charge is 0.333 e. The van der Waals surface area contributed by atoms with Gasteiger partial charge in [0.1, 0.15) is 5.58 Å². The predicted octanol–water partition coefficient (Wildman–Crippen LogP) is 18.4. The van der Waals surface area contributed by atoms with E-state index in [1.165, 1.54) is 82.9 Å². The second-order valence-corrected chi connectivity index (χ2v) is 26.7. The Balaban J connectivity index is 1.27. The van der Waals surface area contributed by atoms with E-state index in [0.717, 1.165) is 45.2 Å². The van der Waals surface area contributed by atoms with Gasteiger partial charge in [-0.3, -0.25) is 0 Å². The lowest BCUT2D eigenvalue weighted by Crippen LogP contribution is -2.60. The molecular weight excluding hydrogens is 910 g/mol. The van der Waals surface area contributed by atoms with Crippen molar-refractivity contribution in [3.63, 3.8) is 0 Å². The van der Waals surface area contributed by atoms with Gasteiger partial charge >= 0.3 is 6.85 Å². The number of furan rings is 1. The van der Waals surface area contributed by atoms with E-state index in [0.29, 0.717) is 0 Å². The third-order valence-electron chi connectivity index (χ3n) is 16.3. The maximum absolute atomic E-state index is 7.63. The van der Waals surface area contributed by atoms with Crippen LogP contribution in [0.1, 0.15) is 132 Å². The van der Waals surface area contributed by atoms with Crippen LogP contribution < -0.4 is 20.6 Å². The molecule has 4 nitrogen and oxygen atoms in total. The zero-order chi connectivity index (χ0) is 52.9. The molecule has 0 saturated heterocycles. The number of hydrogen-bond acceptors (Lipinski definition) is 3. The average molecular weight is 982 g/mol. The summed E-state index contributed by atoms with van der Waals surface area (Å²) in [4.78, 5) is 5.19. The Morgan fingerprint density at radius 1 is 0.467 bits per heavy atom. The molecule has 5 heteroatoms. The van der Waals surface area contributed by atoms with Gasteiger partial charge in [0.05, 0.1) is 28.1 Å². The molecule has 0 spiro atoms. The van der Waals surface area contributed by atoms with Crippen LogP contribution in [0.15, 0.2) is 168 Å². The number of aromatic nitrogens is 1. The molecule has 10 aromatic rings. The minimum atomic E-state index is -0.202. The molecule has 0 unspecified atom stereocenters. The first kappa shape index (κ1) is 48.7. The molecule has 0 amide bonds. The Bertz CT molecular complexity index is 3900. The molecule has 376 valence electrons. The number of hydrogen-bond donors (Lipinski definition) is 0. The third kappa shape index (κ3) is 7.78. The lowest BCUT2D eigenvalue weighted by atomic mass is 9.44. The van der Waals surface area contributed by atoms with E-state index in [4.69, 9.17) is 4.42 Å². The SMILES string of the molecule is CC(C)(C)c1ccc(N2B3c4c(cc(C(C)(C)C)cc4-n4c5ccc(C(C)(C)C)cc5c5c(N(c6ccccc6)c6ccccc6-c6ccccc6)ccc3c54)-c3oc4c(C(C)(C)C)cc(C(C)(C)C)cc4c32)cc1. The van der Waals surface area contributed by atoms with Crippen molar-refractivity contribution in [1.29, 1.82) is 0 Å². The molecule has 0 radical (unpaired) electrons. The number of benzene rings is 8. The van der Waals surface area contributed by atoms with Crippen molar-refractivity contribution in [1.82, 2.24) is 4.57 Å². The minimum absolute atomic E-state index is 0.0102.